The van der Waals surface area contributed by atoms with E-state index in [9.17, 15) is 0 Å². The quantitative estimate of drug-likeness (QED) is 0.173. The van der Waals surface area contributed by atoms with Gasteiger partial charge in [-0.15, -0.1) is 0 Å². The highest BCUT2D eigenvalue weighted by molar-refractivity contribution is 5.89. The van der Waals surface area contributed by atoms with Gasteiger partial charge in [0, 0.05) is 27.9 Å². The number of rotatable bonds is 4. The summed E-state index contributed by atoms with van der Waals surface area (Å²) >= 11 is 0. The zero-order chi connectivity index (χ0) is 39.3. The highest BCUT2D eigenvalue weighted by Crippen LogP contribution is 2.69. The first kappa shape index (κ1) is 35.1. The van der Waals surface area contributed by atoms with Gasteiger partial charge in [0.25, 0.3) is 0 Å². The van der Waals surface area contributed by atoms with Crippen molar-refractivity contribution in [3.05, 3.63) is 161 Å². The van der Waals surface area contributed by atoms with Crippen molar-refractivity contribution in [2.45, 2.75) is 108 Å². The fourth-order valence-corrected chi connectivity index (χ4v) is 14.2. The van der Waals surface area contributed by atoms with Gasteiger partial charge in [0.05, 0.1) is 0 Å². The summed E-state index contributed by atoms with van der Waals surface area (Å²) in [6.45, 7) is 14.6. The van der Waals surface area contributed by atoms with Gasteiger partial charge in [0.1, 0.15) is 0 Å². The molecule has 0 unspecified atom stereocenters. The van der Waals surface area contributed by atoms with Gasteiger partial charge in [-0.2, -0.15) is 0 Å². The molecule has 6 aromatic carbocycles. The Morgan fingerprint density at radius 1 is 0.397 bits per heavy atom. The van der Waals surface area contributed by atoms with Crippen LogP contribution in [0.2, 0.25) is 0 Å². The summed E-state index contributed by atoms with van der Waals surface area (Å²) < 4.78 is 0. The van der Waals surface area contributed by atoms with Crippen molar-refractivity contribution < 1.29 is 0 Å². The molecular weight excluding hydrogens is 699 g/mol. The third-order valence-corrected chi connectivity index (χ3v) is 16.9. The van der Waals surface area contributed by atoms with Crippen LogP contribution in [0, 0.1) is 23.7 Å². The van der Waals surface area contributed by atoms with Crippen LogP contribution in [0.1, 0.15) is 120 Å². The van der Waals surface area contributed by atoms with Gasteiger partial charge in [0.2, 0.25) is 0 Å². The number of hydrogen-bond donors (Lipinski definition) is 0. The first-order valence-electron chi connectivity index (χ1n) is 22.5. The zero-order valence-corrected chi connectivity index (χ0v) is 35.3. The van der Waals surface area contributed by atoms with Crippen LogP contribution in [0.4, 0.5) is 17.1 Å². The second-order valence-corrected chi connectivity index (χ2v) is 21.3. The predicted molar refractivity (Wildman–Crippen MR) is 243 cm³/mol. The van der Waals surface area contributed by atoms with E-state index < -0.39 is 0 Å². The molecule has 58 heavy (non-hydrogen) atoms. The Bertz CT molecular complexity index is 2660. The standard InChI is InChI=1S/C57H57N/c1-54(2)24-25-55(3,4)53-32-38(18-23-50(53)54)37-12-11-13-41(31-37)58(42-19-21-46-44-14-7-9-16-48(44)56(5,6)51(46)33-42)43-20-22-47-45-15-8-10-17-49(45)57(52(47)34-43)39-27-35-26-36(29-39)30-40(57)28-35/h7-23,31-36,39-40H,24-30H2,1-6H3. The Morgan fingerprint density at radius 3 is 1.62 bits per heavy atom. The predicted octanol–water partition coefficient (Wildman–Crippen LogP) is 15.2. The summed E-state index contributed by atoms with van der Waals surface area (Å²) in [7, 11) is 0. The molecular formula is C57H57N. The van der Waals surface area contributed by atoms with Gasteiger partial charge in [-0.3, -0.25) is 0 Å². The summed E-state index contributed by atoms with van der Waals surface area (Å²) in [6, 6.07) is 50.3. The highest BCUT2D eigenvalue weighted by Gasteiger charge is 2.61. The second-order valence-electron chi connectivity index (χ2n) is 21.3. The fraction of sp³-hybridized carbons (Fsp3) is 0.368. The van der Waals surface area contributed by atoms with Crippen molar-refractivity contribution in [1.82, 2.24) is 0 Å². The van der Waals surface area contributed by atoms with Crippen molar-refractivity contribution in [1.29, 1.82) is 0 Å². The summed E-state index contributed by atoms with van der Waals surface area (Å²) in [5.74, 6) is 3.31. The lowest BCUT2D eigenvalue weighted by molar-refractivity contribution is -0.0399. The van der Waals surface area contributed by atoms with Crippen LogP contribution in [-0.4, -0.2) is 0 Å². The minimum atomic E-state index is -0.0802. The summed E-state index contributed by atoms with van der Waals surface area (Å²) in [5, 5.41) is 0. The highest BCUT2D eigenvalue weighted by atomic mass is 15.1. The van der Waals surface area contributed by atoms with Crippen LogP contribution in [0.25, 0.3) is 33.4 Å². The first-order chi connectivity index (χ1) is 27.9. The lowest BCUT2D eigenvalue weighted by atomic mass is 9.43. The second kappa shape index (κ2) is 11.9. The van der Waals surface area contributed by atoms with E-state index in [0.717, 1.165) is 23.7 Å². The van der Waals surface area contributed by atoms with Crippen LogP contribution in [-0.2, 0) is 21.7 Å². The molecule has 0 heterocycles. The molecule has 4 bridgehead atoms. The molecule has 0 saturated heterocycles. The molecule has 6 aromatic rings. The van der Waals surface area contributed by atoms with E-state index in [1.54, 1.807) is 11.1 Å². The summed E-state index contributed by atoms with van der Waals surface area (Å²) in [6.07, 6.45) is 9.50. The SMILES string of the molecule is CC1(C)CCC(C)(C)c2cc(-c3cccc(N(c4ccc5c(c4)C(C)(C)c4ccccc4-5)c4ccc5c(c4)C4(c6ccccc6-5)C5CC6CC(C5)CC4C6)c3)ccc21. The molecule has 1 nitrogen and oxygen atoms in total. The normalized spacial score (nSPS) is 26.8. The molecule has 0 radical (unpaired) electrons. The van der Waals surface area contributed by atoms with Crippen molar-refractivity contribution in [3.63, 3.8) is 0 Å². The number of anilines is 3. The minimum absolute atomic E-state index is 0.0802. The van der Waals surface area contributed by atoms with Crippen LogP contribution in [0.15, 0.2) is 127 Å². The van der Waals surface area contributed by atoms with E-state index in [1.165, 1.54) is 118 Å². The van der Waals surface area contributed by atoms with Gasteiger partial charge in [0.15, 0.2) is 0 Å². The van der Waals surface area contributed by atoms with E-state index in [4.69, 9.17) is 0 Å². The molecule has 0 N–H and O–H groups in total. The maximum atomic E-state index is 2.67. The van der Waals surface area contributed by atoms with E-state index >= 15 is 0 Å². The van der Waals surface area contributed by atoms with Gasteiger partial charge in [-0.1, -0.05) is 133 Å². The molecule has 7 aliphatic carbocycles. The van der Waals surface area contributed by atoms with Crippen molar-refractivity contribution in [2.24, 2.45) is 23.7 Å². The molecule has 13 rings (SSSR count). The van der Waals surface area contributed by atoms with E-state index in [2.05, 4.69) is 174 Å². The average Bonchev–Trinajstić information content (AvgIpc) is 3.64. The first-order valence-corrected chi connectivity index (χ1v) is 22.5. The van der Waals surface area contributed by atoms with Gasteiger partial charge < -0.3 is 4.90 Å². The van der Waals surface area contributed by atoms with Crippen molar-refractivity contribution >= 4 is 17.1 Å². The number of hydrogen-bond acceptors (Lipinski definition) is 1. The van der Waals surface area contributed by atoms with Crippen LogP contribution < -0.4 is 4.90 Å². The Labute approximate surface area is 346 Å². The Kier molecular flexibility index (Phi) is 7.18. The van der Waals surface area contributed by atoms with E-state index in [-0.39, 0.29) is 21.7 Å². The zero-order valence-electron chi connectivity index (χ0n) is 35.3. The summed E-state index contributed by atoms with van der Waals surface area (Å²) in [5.41, 5.74) is 21.5. The molecule has 4 saturated carbocycles. The molecule has 4 fully saturated rings. The molecule has 0 amide bonds. The molecule has 7 aliphatic rings. The number of nitrogens with zero attached hydrogens (tertiary/aromatic N) is 1. The summed E-state index contributed by atoms with van der Waals surface area (Å²) in [4.78, 5) is 2.60. The number of benzene rings is 6. The minimum Gasteiger partial charge on any atom is -0.310 e. The Hall–Kier alpha value is -4.88. The molecule has 0 atom stereocenters. The topological polar surface area (TPSA) is 3.24 Å². The Balaban J connectivity index is 1.05. The average molecular weight is 756 g/mol. The van der Waals surface area contributed by atoms with Crippen LogP contribution in [0.5, 0.6) is 0 Å². The third kappa shape index (κ3) is 4.71. The molecule has 1 heteroatoms. The largest absolute Gasteiger partial charge is 0.310 e. The van der Waals surface area contributed by atoms with E-state index in [0.29, 0.717) is 0 Å². The Morgan fingerprint density at radius 2 is 0.931 bits per heavy atom. The smallest absolute Gasteiger partial charge is 0.0467 e. The van der Waals surface area contributed by atoms with Crippen LogP contribution in [0.3, 0.4) is 0 Å². The third-order valence-electron chi connectivity index (χ3n) is 16.9. The van der Waals surface area contributed by atoms with Crippen LogP contribution >= 0.6 is 0 Å². The van der Waals surface area contributed by atoms with Gasteiger partial charge >= 0.3 is 0 Å². The van der Waals surface area contributed by atoms with Crippen molar-refractivity contribution in [3.8, 4) is 33.4 Å². The van der Waals surface area contributed by atoms with Crippen molar-refractivity contribution in [2.75, 3.05) is 4.90 Å². The molecule has 0 aliphatic heterocycles. The molecule has 0 aromatic heterocycles. The lowest BCUT2D eigenvalue weighted by Gasteiger charge is -2.61. The maximum Gasteiger partial charge on any atom is 0.0467 e. The molecule has 1 spiro atoms. The number of fused-ring (bicyclic) bond motifs is 7. The van der Waals surface area contributed by atoms with E-state index in [1.807, 2.05) is 0 Å². The maximum absolute atomic E-state index is 2.67. The lowest BCUT2D eigenvalue weighted by Crippen LogP contribution is -2.55. The van der Waals surface area contributed by atoms with Gasteiger partial charge in [-0.25, -0.2) is 0 Å². The van der Waals surface area contributed by atoms with Gasteiger partial charge in [-0.05, 0) is 183 Å². The molecule has 290 valence electrons. The monoisotopic (exact) mass is 755 g/mol. The fourth-order valence-electron chi connectivity index (χ4n) is 14.2.